The minimum absolute atomic E-state index is 0.0383. The van der Waals surface area contributed by atoms with Crippen LogP contribution in [0, 0.1) is 17.1 Å². The molecule has 2 aliphatic heterocycles. The van der Waals surface area contributed by atoms with Gasteiger partial charge in [0, 0.05) is 57.3 Å². The second kappa shape index (κ2) is 11.9. The molecule has 0 bridgehead atoms. The van der Waals surface area contributed by atoms with E-state index in [0.29, 0.717) is 23.7 Å². The van der Waals surface area contributed by atoms with E-state index in [1.54, 1.807) is 11.0 Å². The lowest BCUT2D eigenvalue weighted by Crippen LogP contribution is -2.61. The number of nitriles is 1. The van der Waals surface area contributed by atoms with Crippen LogP contribution in [0.5, 0.6) is 0 Å². The molecule has 2 aromatic rings. The number of hydrogen-bond donors (Lipinski definition) is 1. The number of likely N-dealkylation sites (N-methyl/N-ethyl adjacent to an activating group) is 1. The quantitative estimate of drug-likeness (QED) is 0.573. The Bertz CT molecular complexity index is 1160. The fraction of sp³-hybridized carbons (Fsp3) is 0.548. The smallest absolute Gasteiger partial charge is 0.253 e. The summed E-state index contributed by atoms with van der Waals surface area (Å²) in [6, 6.07) is 13.2. The zero-order chi connectivity index (χ0) is 26.6. The zero-order valence-corrected chi connectivity index (χ0v) is 22.4. The van der Waals surface area contributed by atoms with Crippen molar-refractivity contribution in [1.82, 2.24) is 14.7 Å². The fourth-order valence-electron chi connectivity index (χ4n) is 6.39. The molecule has 0 spiro atoms. The summed E-state index contributed by atoms with van der Waals surface area (Å²) < 4.78 is 13.7. The number of aryl methyl sites for hydroxylation is 1. The molecule has 0 radical (unpaired) electrons. The van der Waals surface area contributed by atoms with E-state index in [-0.39, 0.29) is 23.7 Å². The second-order valence-corrected chi connectivity index (χ2v) is 11.4. The van der Waals surface area contributed by atoms with E-state index in [9.17, 15) is 19.6 Å². The molecule has 2 heterocycles. The van der Waals surface area contributed by atoms with Gasteiger partial charge in [-0.1, -0.05) is 12.1 Å². The van der Waals surface area contributed by atoms with Crippen molar-refractivity contribution in [1.29, 1.82) is 5.26 Å². The van der Waals surface area contributed by atoms with Gasteiger partial charge in [-0.05, 0) is 92.4 Å². The number of aliphatic hydroxyl groups excluding tert-OH is 1. The molecule has 0 aromatic heterocycles. The number of benzene rings is 2. The van der Waals surface area contributed by atoms with Gasteiger partial charge >= 0.3 is 0 Å². The first-order chi connectivity index (χ1) is 18.4. The topological polar surface area (TPSA) is 70.8 Å². The number of nitrogens with zero attached hydrogens (tertiary/aromatic N) is 4. The van der Waals surface area contributed by atoms with Crippen LogP contribution in [0.15, 0.2) is 36.4 Å². The lowest BCUT2D eigenvalue weighted by atomic mass is 9.86. The highest BCUT2D eigenvalue weighted by atomic mass is 19.1. The molecule has 2 fully saturated rings. The van der Waals surface area contributed by atoms with Crippen LogP contribution in [0.1, 0.15) is 70.6 Å². The van der Waals surface area contributed by atoms with Gasteiger partial charge < -0.3 is 14.9 Å². The van der Waals surface area contributed by atoms with Crippen molar-refractivity contribution in [2.75, 3.05) is 46.3 Å². The Hall–Kier alpha value is -2.79. The van der Waals surface area contributed by atoms with Gasteiger partial charge in [0.15, 0.2) is 0 Å². The molecule has 6 nitrogen and oxygen atoms in total. The number of piperidine rings is 1. The van der Waals surface area contributed by atoms with E-state index in [2.05, 4.69) is 15.9 Å². The molecule has 1 aliphatic carbocycles. The third-order valence-corrected chi connectivity index (χ3v) is 8.75. The maximum absolute atomic E-state index is 13.7. The molecule has 1 unspecified atom stereocenters. The second-order valence-electron chi connectivity index (χ2n) is 11.4. The summed E-state index contributed by atoms with van der Waals surface area (Å²) in [7, 11) is 1.84. The summed E-state index contributed by atoms with van der Waals surface area (Å²) >= 11 is 0. The van der Waals surface area contributed by atoms with Crippen LogP contribution in [0.3, 0.4) is 0 Å². The molecule has 202 valence electrons. The molecular weight excluding hydrogens is 479 g/mol. The zero-order valence-electron chi connectivity index (χ0n) is 22.4. The van der Waals surface area contributed by atoms with E-state index < -0.39 is 0 Å². The molecule has 2 aromatic carbocycles. The molecule has 0 saturated carbocycles. The molecular formula is C31H39FN4O2. The van der Waals surface area contributed by atoms with Crippen molar-refractivity contribution in [2.24, 2.45) is 0 Å². The summed E-state index contributed by atoms with van der Waals surface area (Å²) in [6.45, 7) is 5.48. The first-order valence-corrected chi connectivity index (χ1v) is 14.1. The molecule has 1 amide bonds. The highest BCUT2D eigenvalue weighted by molar-refractivity contribution is 5.96. The summed E-state index contributed by atoms with van der Waals surface area (Å²) in [5, 5.41) is 19.3. The van der Waals surface area contributed by atoms with Crippen LogP contribution < -0.4 is 0 Å². The third kappa shape index (κ3) is 6.09. The SMILES string of the molecule is CN(CC(CCN1CC(N2CCC(O)CC2)C1)c1ccc(F)cc1)C(=O)c1cc(C#N)cc2c1CCCC2. The standard InChI is InChI=1S/C31H39FN4O2/c1-34(31(38)30-17-22(18-33)16-24-4-2-3-5-29(24)30)19-25(23-6-8-26(32)9-7-23)10-13-35-20-27(21-35)36-14-11-28(37)12-15-36/h6-9,16-17,25,27-28,37H,2-5,10-15,19-21H2,1H3. The largest absolute Gasteiger partial charge is 0.393 e. The van der Waals surface area contributed by atoms with Gasteiger partial charge in [0.25, 0.3) is 5.91 Å². The number of carbonyl (C=O) groups excluding carboxylic acids is 1. The van der Waals surface area contributed by atoms with E-state index in [0.717, 1.165) is 94.4 Å². The van der Waals surface area contributed by atoms with Crippen LogP contribution in [0.4, 0.5) is 4.39 Å². The Balaban J connectivity index is 1.25. The number of likely N-dealkylation sites (tertiary alicyclic amines) is 2. The minimum atomic E-state index is -0.255. The Labute approximate surface area is 225 Å². The third-order valence-electron chi connectivity index (χ3n) is 8.75. The Morgan fingerprint density at radius 2 is 1.87 bits per heavy atom. The molecule has 1 N–H and O–H groups in total. The summed E-state index contributed by atoms with van der Waals surface area (Å²) in [4.78, 5) is 20.4. The molecule has 38 heavy (non-hydrogen) atoms. The molecule has 3 aliphatic rings. The molecule has 5 rings (SSSR count). The average molecular weight is 519 g/mol. The van der Waals surface area contributed by atoms with Crippen molar-refractivity contribution >= 4 is 5.91 Å². The van der Waals surface area contributed by atoms with Gasteiger partial charge in [-0.3, -0.25) is 9.69 Å². The predicted octanol–water partition coefficient (Wildman–Crippen LogP) is 3.96. The number of halogens is 1. The van der Waals surface area contributed by atoms with Crippen LogP contribution in [-0.2, 0) is 12.8 Å². The number of rotatable bonds is 8. The Kier molecular flexibility index (Phi) is 8.42. The number of aliphatic hydroxyl groups is 1. The van der Waals surface area contributed by atoms with Crippen LogP contribution in [0.2, 0.25) is 0 Å². The van der Waals surface area contributed by atoms with Gasteiger partial charge in [0.05, 0.1) is 17.7 Å². The Morgan fingerprint density at radius 1 is 1.16 bits per heavy atom. The van der Waals surface area contributed by atoms with Gasteiger partial charge in [-0.15, -0.1) is 0 Å². The van der Waals surface area contributed by atoms with Crippen molar-refractivity contribution in [2.45, 2.75) is 63.0 Å². The highest BCUT2D eigenvalue weighted by Crippen LogP contribution is 2.29. The number of fused-ring (bicyclic) bond motifs is 1. The van der Waals surface area contributed by atoms with Crippen LogP contribution in [-0.4, -0.2) is 84.2 Å². The van der Waals surface area contributed by atoms with Crippen molar-refractivity contribution in [3.05, 3.63) is 70.0 Å². The fourth-order valence-corrected chi connectivity index (χ4v) is 6.39. The van der Waals surface area contributed by atoms with Gasteiger partial charge in [-0.2, -0.15) is 5.26 Å². The van der Waals surface area contributed by atoms with Crippen LogP contribution in [0.25, 0.3) is 0 Å². The Morgan fingerprint density at radius 3 is 2.58 bits per heavy atom. The maximum atomic E-state index is 13.7. The van der Waals surface area contributed by atoms with E-state index >= 15 is 0 Å². The van der Waals surface area contributed by atoms with Crippen molar-refractivity contribution in [3.8, 4) is 6.07 Å². The van der Waals surface area contributed by atoms with E-state index in [1.165, 1.54) is 12.1 Å². The summed E-state index contributed by atoms with van der Waals surface area (Å²) in [5.41, 5.74) is 4.49. The first-order valence-electron chi connectivity index (χ1n) is 14.1. The minimum Gasteiger partial charge on any atom is -0.393 e. The number of amides is 1. The lowest BCUT2D eigenvalue weighted by molar-refractivity contribution is -0.00542. The van der Waals surface area contributed by atoms with Gasteiger partial charge in [-0.25, -0.2) is 4.39 Å². The van der Waals surface area contributed by atoms with Gasteiger partial charge in [0.2, 0.25) is 0 Å². The van der Waals surface area contributed by atoms with E-state index in [1.807, 2.05) is 25.2 Å². The average Bonchev–Trinajstić information content (AvgIpc) is 2.91. The van der Waals surface area contributed by atoms with E-state index in [4.69, 9.17) is 0 Å². The molecule has 1 atom stereocenters. The summed E-state index contributed by atoms with van der Waals surface area (Å²) in [5.74, 6) is -0.207. The van der Waals surface area contributed by atoms with Gasteiger partial charge in [0.1, 0.15) is 5.82 Å². The lowest BCUT2D eigenvalue weighted by Gasteiger charge is -2.47. The predicted molar refractivity (Wildman–Crippen MR) is 146 cm³/mol. The monoisotopic (exact) mass is 518 g/mol. The number of hydrogen-bond acceptors (Lipinski definition) is 5. The summed E-state index contributed by atoms with van der Waals surface area (Å²) in [6.07, 6.45) is 6.42. The van der Waals surface area contributed by atoms with Crippen molar-refractivity contribution < 1.29 is 14.3 Å². The number of carbonyl (C=O) groups is 1. The van der Waals surface area contributed by atoms with Crippen molar-refractivity contribution in [3.63, 3.8) is 0 Å². The molecule has 7 heteroatoms. The molecule has 2 saturated heterocycles. The van der Waals surface area contributed by atoms with Crippen LogP contribution >= 0.6 is 0 Å². The first kappa shape index (κ1) is 26.8. The normalized spacial score (nSPS) is 19.8. The highest BCUT2D eigenvalue weighted by Gasteiger charge is 2.34. The maximum Gasteiger partial charge on any atom is 0.253 e.